The van der Waals surface area contributed by atoms with Gasteiger partial charge in [-0.1, -0.05) is 17.5 Å². The van der Waals surface area contributed by atoms with E-state index in [1.807, 2.05) is 0 Å². The summed E-state index contributed by atoms with van der Waals surface area (Å²) in [5, 5.41) is 2.65. The van der Waals surface area contributed by atoms with Crippen LogP contribution in [0.4, 0.5) is 5.82 Å². The summed E-state index contributed by atoms with van der Waals surface area (Å²) < 4.78 is 0. The lowest BCUT2D eigenvalue weighted by atomic mass is 10.4. The van der Waals surface area contributed by atoms with Gasteiger partial charge < -0.3 is 11.1 Å². The standard InChI is InChI=1S/C9H9ClN4O/c1-6(15)12-4-2-3-7-5-13-9(11)8(10)14-7/h5H,4H2,1H3,(H2,11,13)(H,12,15). The Bertz CT molecular complexity index is 435. The molecular weight excluding hydrogens is 216 g/mol. The molecule has 0 aliphatic carbocycles. The Kier molecular flexibility index (Phi) is 3.89. The van der Waals surface area contributed by atoms with Crippen molar-refractivity contribution in [2.75, 3.05) is 12.3 Å². The fourth-order valence-corrected chi connectivity index (χ4v) is 0.879. The smallest absolute Gasteiger partial charge is 0.217 e. The predicted molar refractivity (Wildman–Crippen MR) is 57.0 cm³/mol. The van der Waals surface area contributed by atoms with E-state index in [1.54, 1.807) is 0 Å². The van der Waals surface area contributed by atoms with Crippen molar-refractivity contribution in [3.05, 3.63) is 17.0 Å². The van der Waals surface area contributed by atoms with Crippen LogP contribution in [0.15, 0.2) is 6.20 Å². The van der Waals surface area contributed by atoms with Crippen LogP contribution in [0.25, 0.3) is 0 Å². The summed E-state index contributed by atoms with van der Waals surface area (Å²) in [5.41, 5.74) is 5.79. The second kappa shape index (κ2) is 5.17. The van der Waals surface area contributed by atoms with Crippen LogP contribution in [0.5, 0.6) is 0 Å². The number of rotatable bonds is 1. The average molecular weight is 225 g/mol. The lowest BCUT2D eigenvalue weighted by Gasteiger charge is -1.95. The fraction of sp³-hybridized carbons (Fsp3) is 0.222. The number of carbonyl (C=O) groups excluding carboxylic acids is 1. The molecule has 0 radical (unpaired) electrons. The van der Waals surface area contributed by atoms with E-state index >= 15 is 0 Å². The third kappa shape index (κ3) is 3.83. The van der Waals surface area contributed by atoms with Gasteiger partial charge >= 0.3 is 0 Å². The summed E-state index contributed by atoms with van der Waals surface area (Å²) >= 11 is 5.64. The minimum atomic E-state index is -0.134. The first-order valence-electron chi connectivity index (χ1n) is 4.11. The average Bonchev–Trinajstić information content (AvgIpc) is 2.18. The van der Waals surface area contributed by atoms with E-state index in [2.05, 4.69) is 27.1 Å². The molecule has 0 spiro atoms. The number of nitrogens with one attached hydrogen (secondary N) is 1. The van der Waals surface area contributed by atoms with E-state index in [0.29, 0.717) is 5.69 Å². The number of nitrogen functional groups attached to an aromatic ring is 1. The molecule has 1 aromatic heterocycles. The molecule has 0 aliphatic heterocycles. The SMILES string of the molecule is CC(=O)NCC#Cc1cnc(N)c(Cl)n1. The van der Waals surface area contributed by atoms with Crippen LogP contribution in [0.3, 0.4) is 0 Å². The topological polar surface area (TPSA) is 80.9 Å². The number of halogens is 1. The first-order valence-corrected chi connectivity index (χ1v) is 4.48. The van der Waals surface area contributed by atoms with Crippen molar-refractivity contribution < 1.29 is 4.79 Å². The summed E-state index contributed by atoms with van der Waals surface area (Å²) in [6, 6.07) is 0. The van der Waals surface area contributed by atoms with Crippen molar-refractivity contribution in [1.29, 1.82) is 0 Å². The molecule has 78 valence electrons. The third-order valence-electron chi connectivity index (χ3n) is 1.40. The lowest BCUT2D eigenvalue weighted by Crippen LogP contribution is -2.19. The zero-order chi connectivity index (χ0) is 11.3. The maximum absolute atomic E-state index is 10.5. The lowest BCUT2D eigenvalue weighted by molar-refractivity contribution is -0.118. The minimum Gasteiger partial charge on any atom is -0.381 e. The molecule has 6 heteroatoms. The monoisotopic (exact) mass is 224 g/mol. The number of aromatic nitrogens is 2. The second-order valence-corrected chi connectivity index (χ2v) is 3.00. The van der Waals surface area contributed by atoms with E-state index in [-0.39, 0.29) is 23.4 Å². The zero-order valence-corrected chi connectivity index (χ0v) is 8.80. The van der Waals surface area contributed by atoms with Crippen molar-refractivity contribution in [3.63, 3.8) is 0 Å². The summed E-state index contributed by atoms with van der Waals surface area (Å²) in [6.45, 7) is 1.68. The van der Waals surface area contributed by atoms with Gasteiger partial charge in [0.15, 0.2) is 11.0 Å². The van der Waals surface area contributed by atoms with Crippen molar-refractivity contribution in [2.24, 2.45) is 0 Å². The van der Waals surface area contributed by atoms with Crippen LogP contribution < -0.4 is 11.1 Å². The molecule has 0 atom stereocenters. The first-order chi connectivity index (χ1) is 7.09. The summed E-state index contributed by atoms with van der Waals surface area (Å²) in [7, 11) is 0. The zero-order valence-electron chi connectivity index (χ0n) is 8.04. The Morgan fingerprint density at radius 1 is 1.73 bits per heavy atom. The molecule has 1 heterocycles. The fourth-order valence-electron chi connectivity index (χ4n) is 0.739. The molecule has 15 heavy (non-hydrogen) atoms. The highest BCUT2D eigenvalue weighted by Crippen LogP contribution is 2.10. The molecule has 0 bridgehead atoms. The van der Waals surface area contributed by atoms with Crippen molar-refractivity contribution in [1.82, 2.24) is 15.3 Å². The van der Waals surface area contributed by atoms with Crippen molar-refractivity contribution >= 4 is 23.3 Å². The number of carbonyl (C=O) groups is 1. The first kappa shape index (κ1) is 11.3. The normalized spacial score (nSPS) is 8.93. The number of anilines is 1. The van der Waals surface area contributed by atoms with E-state index in [4.69, 9.17) is 17.3 Å². The molecule has 0 unspecified atom stereocenters. The largest absolute Gasteiger partial charge is 0.381 e. The van der Waals surface area contributed by atoms with Gasteiger partial charge in [-0.05, 0) is 5.92 Å². The number of nitrogens with two attached hydrogens (primary N) is 1. The number of amides is 1. The van der Waals surface area contributed by atoms with E-state index in [9.17, 15) is 4.79 Å². The molecule has 0 fully saturated rings. The molecule has 0 aromatic carbocycles. The second-order valence-electron chi connectivity index (χ2n) is 2.64. The number of hydrogen-bond donors (Lipinski definition) is 2. The van der Waals surface area contributed by atoms with Gasteiger partial charge in [0.1, 0.15) is 5.69 Å². The highest BCUT2D eigenvalue weighted by molar-refractivity contribution is 6.31. The third-order valence-corrected chi connectivity index (χ3v) is 1.68. The maximum atomic E-state index is 10.5. The van der Waals surface area contributed by atoms with Crippen molar-refractivity contribution in [3.8, 4) is 11.8 Å². The Hall–Kier alpha value is -1.80. The predicted octanol–water partition coefficient (Wildman–Crippen LogP) is 0.200. The van der Waals surface area contributed by atoms with Gasteiger partial charge in [-0.15, -0.1) is 0 Å². The summed E-state index contributed by atoms with van der Waals surface area (Å²) in [6.07, 6.45) is 1.42. The molecule has 3 N–H and O–H groups in total. The molecule has 1 rings (SSSR count). The van der Waals surface area contributed by atoms with Gasteiger partial charge in [0, 0.05) is 6.92 Å². The number of nitrogens with zero attached hydrogens (tertiary/aromatic N) is 2. The van der Waals surface area contributed by atoms with E-state index in [1.165, 1.54) is 13.1 Å². The molecular formula is C9H9ClN4O. The van der Waals surface area contributed by atoms with Gasteiger partial charge in [0.05, 0.1) is 12.7 Å². The maximum Gasteiger partial charge on any atom is 0.217 e. The van der Waals surface area contributed by atoms with Crippen LogP contribution in [-0.2, 0) is 4.79 Å². The van der Waals surface area contributed by atoms with Gasteiger partial charge in [-0.2, -0.15) is 0 Å². The van der Waals surface area contributed by atoms with Gasteiger partial charge in [0.25, 0.3) is 0 Å². The molecule has 5 nitrogen and oxygen atoms in total. The van der Waals surface area contributed by atoms with Gasteiger partial charge in [0.2, 0.25) is 5.91 Å². The Morgan fingerprint density at radius 3 is 3.07 bits per heavy atom. The number of hydrogen-bond acceptors (Lipinski definition) is 4. The van der Waals surface area contributed by atoms with Crippen molar-refractivity contribution in [2.45, 2.75) is 6.92 Å². The molecule has 1 amide bonds. The van der Waals surface area contributed by atoms with Gasteiger partial charge in [-0.3, -0.25) is 4.79 Å². The molecule has 1 aromatic rings. The van der Waals surface area contributed by atoms with Crippen LogP contribution in [-0.4, -0.2) is 22.4 Å². The highest BCUT2D eigenvalue weighted by atomic mass is 35.5. The van der Waals surface area contributed by atoms with Gasteiger partial charge in [-0.25, -0.2) is 9.97 Å². The Balaban J connectivity index is 2.64. The van der Waals surface area contributed by atoms with E-state index < -0.39 is 0 Å². The Labute approximate surface area is 92.0 Å². The highest BCUT2D eigenvalue weighted by Gasteiger charge is 1.98. The minimum absolute atomic E-state index is 0.126. The summed E-state index contributed by atoms with van der Waals surface area (Å²) in [4.78, 5) is 18.2. The van der Waals surface area contributed by atoms with Crippen LogP contribution >= 0.6 is 11.6 Å². The quantitative estimate of drug-likeness (QED) is 0.668. The molecule has 0 aliphatic rings. The molecule has 0 saturated carbocycles. The van der Waals surface area contributed by atoms with Crippen LogP contribution in [0.1, 0.15) is 12.6 Å². The van der Waals surface area contributed by atoms with Crippen LogP contribution in [0, 0.1) is 11.8 Å². The Morgan fingerprint density at radius 2 is 2.47 bits per heavy atom. The summed E-state index contributed by atoms with van der Waals surface area (Å²) in [5.74, 6) is 5.42. The van der Waals surface area contributed by atoms with Crippen LogP contribution in [0.2, 0.25) is 5.15 Å². The van der Waals surface area contributed by atoms with E-state index in [0.717, 1.165) is 0 Å². The molecule has 0 saturated heterocycles.